The van der Waals surface area contributed by atoms with Crippen molar-refractivity contribution in [3.8, 4) is 0 Å². The molecule has 1 aromatic rings. The summed E-state index contributed by atoms with van der Waals surface area (Å²) in [6, 6.07) is 10.7. The molecule has 0 atom stereocenters. The van der Waals surface area contributed by atoms with Gasteiger partial charge in [0.25, 0.3) is 0 Å². The second-order valence-corrected chi connectivity index (χ2v) is 5.69. The Morgan fingerprint density at radius 1 is 1.08 bits per heavy atom. The van der Waals surface area contributed by atoms with Gasteiger partial charge in [-0.2, -0.15) is 0 Å². The molecule has 0 aliphatic carbocycles. The maximum atomic E-state index is 2.21. The van der Waals surface area contributed by atoms with Crippen molar-refractivity contribution in [3.63, 3.8) is 0 Å². The lowest BCUT2D eigenvalue weighted by Crippen LogP contribution is -1.85. The normalized spacial score (nSPS) is 10.2. The van der Waals surface area contributed by atoms with Gasteiger partial charge < -0.3 is 0 Å². The van der Waals surface area contributed by atoms with Crippen molar-refractivity contribution in [2.75, 3.05) is 11.5 Å². The van der Waals surface area contributed by atoms with Crippen molar-refractivity contribution in [2.45, 2.75) is 19.8 Å². The number of rotatable bonds is 6. The maximum absolute atomic E-state index is 2.21. The van der Waals surface area contributed by atoms with Gasteiger partial charge in [0.2, 0.25) is 0 Å². The minimum atomic E-state index is 1.22. The van der Waals surface area contributed by atoms with Crippen LogP contribution in [0.3, 0.4) is 0 Å². The van der Waals surface area contributed by atoms with Crippen molar-refractivity contribution in [1.29, 1.82) is 0 Å². The van der Waals surface area contributed by atoms with Gasteiger partial charge in [0.15, 0.2) is 0 Å². The number of hydrogen-bond acceptors (Lipinski definition) is 2. The Morgan fingerprint density at radius 3 is 2.54 bits per heavy atom. The molecule has 0 spiro atoms. The van der Waals surface area contributed by atoms with E-state index in [0.717, 1.165) is 0 Å². The van der Waals surface area contributed by atoms with Crippen LogP contribution in [-0.2, 0) is 6.42 Å². The zero-order valence-corrected chi connectivity index (χ0v) is 9.66. The first-order chi connectivity index (χ1) is 6.43. The molecule has 1 rings (SSSR count). The Labute approximate surface area is 88.9 Å². The summed E-state index contributed by atoms with van der Waals surface area (Å²) >= 11 is 0. The molecule has 0 unspecified atom stereocenters. The molecule has 0 N–H and O–H groups in total. The largest absolute Gasteiger partial charge is 0.0944 e. The maximum Gasteiger partial charge on any atom is 0.00401 e. The summed E-state index contributed by atoms with van der Waals surface area (Å²) in [4.78, 5) is 0. The van der Waals surface area contributed by atoms with Crippen molar-refractivity contribution < 1.29 is 0 Å². The van der Waals surface area contributed by atoms with E-state index < -0.39 is 0 Å². The molecule has 0 radical (unpaired) electrons. The molecular weight excluding hydrogens is 196 g/mol. The van der Waals surface area contributed by atoms with E-state index in [0.29, 0.717) is 0 Å². The summed E-state index contributed by atoms with van der Waals surface area (Å²) in [7, 11) is 3.95. The van der Waals surface area contributed by atoms with Gasteiger partial charge in [0, 0.05) is 11.5 Å². The highest BCUT2D eigenvalue weighted by molar-refractivity contribution is 8.76. The van der Waals surface area contributed by atoms with E-state index in [4.69, 9.17) is 0 Å². The first-order valence-electron chi connectivity index (χ1n) is 4.72. The van der Waals surface area contributed by atoms with E-state index in [2.05, 4.69) is 37.3 Å². The first-order valence-corrected chi connectivity index (χ1v) is 7.20. The van der Waals surface area contributed by atoms with Crippen LogP contribution in [0.1, 0.15) is 18.9 Å². The minimum absolute atomic E-state index is 1.22. The van der Waals surface area contributed by atoms with Crippen LogP contribution < -0.4 is 0 Å². The van der Waals surface area contributed by atoms with E-state index in [9.17, 15) is 0 Å². The van der Waals surface area contributed by atoms with Gasteiger partial charge in [0.05, 0.1) is 0 Å². The standard InChI is InChI=1S/C11H16S2/c1-2-12-13-10-6-9-11-7-4-3-5-8-11/h3-5,7-8H,2,6,9-10H2,1H3. The summed E-state index contributed by atoms with van der Waals surface area (Å²) in [5, 5.41) is 0. The van der Waals surface area contributed by atoms with Gasteiger partial charge in [-0.15, -0.1) is 0 Å². The Hall–Kier alpha value is -0.0800. The third kappa shape index (κ3) is 5.27. The van der Waals surface area contributed by atoms with Crippen LogP contribution in [0.4, 0.5) is 0 Å². The summed E-state index contributed by atoms with van der Waals surface area (Å²) in [6.07, 6.45) is 2.51. The predicted molar refractivity (Wildman–Crippen MR) is 65.4 cm³/mol. The second kappa shape index (κ2) is 7.34. The SMILES string of the molecule is CCSSCCCc1ccccc1. The van der Waals surface area contributed by atoms with E-state index in [1.807, 2.05) is 21.6 Å². The molecule has 0 saturated heterocycles. The molecule has 0 aromatic heterocycles. The monoisotopic (exact) mass is 212 g/mol. The third-order valence-electron chi connectivity index (χ3n) is 1.74. The third-order valence-corrected chi connectivity index (χ3v) is 4.30. The second-order valence-electron chi connectivity index (χ2n) is 2.82. The molecule has 0 nitrogen and oxygen atoms in total. The van der Waals surface area contributed by atoms with Gasteiger partial charge in [-0.1, -0.05) is 58.8 Å². The molecule has 0 aliphatic rings. The smallest absolute Gasteiger partial charge is 0.00401 e. The molecule has 0 fully saturated rings. The predicted octanol–water partition coefficient (Wildman–Crippen LogP) is 4.02. The fourth-order valence-electron chi connectivity index (χ4n) is 1.12. The highest BCUT2D eigenvalue weighted by atomic mass is 33.1. The summed E-state index contributed by atoms with van der Waals surface area (Å²) in [5.74, 6) is 2.49. The van der Waals surface area contributed by atoms with Crippen LogP contribution in [0.25, 0.3) is 0 Å². The molecule has 72 valence electrons. The van der Waals surface area contributed by atoms with Gasteiger partial charge in [-0.3, -0.25) is 0 Å². The van der Waals surface area contributed by atoms with Crippen molar-refractivity contribution in [1.82, 2.24) is 0 Å². The number of aryl methyl sites for hydroxylation is 1. The van der Waals surface area contributed by atoms with Gasteiger partial charge in [-0.05, 0) is 18.4 Å². The Morgan fingerprint density at radius 2 is 1.85 bits per heavy atom. The molecule has 13 heavy (non-hydrogen) atoms. The quantitative estimate of drug-likeness (QED) is 0.516. The lowest BCUT2D eigenvalue weighted by Gasteiger charge is -2.00. The van der Waals surface area contributed by atoms with Crippen LogP contribution >= 0.6 is 21.6 Å². The highest BCUT2D eigenvalue weighted by Crippen LogP contribution is 2.21. The fraction of sp³-hybridized carbons (Fsp3) is 0.455. The van der Waals surface area contributed by atoms with Crippen LogP contribution in [0.15, 0.2) is 30.3 Å². The number of benzene rings is 1. The van der Waals surface area contributed by atoms with E-state index >= 15 is 0 Å². The van der Waals surface area contributed by atoms with Crippen molar-refractivity contribution in [3.05, 3.63) is 35.9 Å². The molecule has 0 aliphatic heterocycles. The summed E-state index contributed by atoms with van der Waals surface area (Å²) in [6.45, 7) is 2.20. The topological polar surface area (TPSA) is 0 Å². The van der Waals surface area contributed by atoms with Crippen molar-refractivity contribution >= 4 is 21.6 Å². The molecule has 1 aromatic carbocycles. The van der Waals surface area contributed by atoms with Gasteiger partial charge in [-0.25, -0.2) is 0 Å². The zero-order chi connectivity index (χ0) is 9.36. The molecule has 2 heteroatoms. The van der Waals surface area contributed by atoms with Crippen LogP contribution in [0.2, 0.25) is 0 Å². The summed E-state index contributed by atoms with van der Waals surface area (Å²) in [5.41, 5.74) is 1.46. The van der Waals surface area contributed by atoms with Crippen LogP contribution in [0, 0.1) is 0 Å². The van der Waals surface area contributed by atoms with E-state index in [1.165, 1.54) is 29.9 Å². The minimum Gasteiger partial charge on any atom is -0.0944 e. The Balaban J connectivity index is 2.07. The lowest BCUT2D eigenvalue weighted by atomic mass is 10.1. The fourth-order valence-corrected chi connectivity index (χ4v) is 2.88. The molecule has 0 amide bonds. The first kappa shape index (κ1) is 11.0. The lowest BCUT2D eigenvalue weighted by molar-refractivity contribution is 0.936. The number of hydrogen-bond donors (Lipinski definition) is 0. The van der Waals surface area contributed by atoms with Crippen molar-refractivity contribution in [2.24, 2.45) is 0 Å². The van der Waals surface area contributed by atoms with Gasteiger partial charge >= 0.3 is 0 Å². The van der Waals surface area contributed by atoms with E-state index in [1.54, 1.807) is 0 Å². The molecular formula is C11H16S2. The van der Waals surface area contributed by atoms with Gasteiger partial charge in [0.1, 0.15) is 0 Å². The Bertz CT molecular complexity index is 209. The van der Waals surface area contributed by atoms with E-state index in [-0.39, 0.29) is 0 Å². The average molecular weight is 212 g/mol. The zero-order valence-electron chi connectivity index (χ0n) is 8.03. The highest BCUT2D eigenvalue weighted by Gasteiger charge is 1.92. The summed E-state index contributed by atoms with van der Waals surface area (Å²) < 4.78 is 0. The average Bonchev–Trinajstić information content (AvgIpc) is 2.19. The molecule has 0 bridgehead atoms. The molecule has 0 saturated carbocycles. The molecule has 0 heterocycles. The Kier molecular flexibility index (Phi) is 6.21. The van der Waals surface area contributed by atoms with Crippen LogP contribution in [0.5, 0.6) is 0 Å². The van der Waals surface area contributed by atoms with Crippen LogP contribution in [-0.4, -0.2) is 11.5 Å².